The molecule has 0 fully saturated rings. The third kappa shape index (κ3) is 5.08. The fraction of sp³-hybridized carbons (Fsp3) is 0.0526. The van der Waals surface area contributed by atoms with Gasteiger partial charge in [-0.3, -0.25) is 30.6 Å². The lowest BCUT2D eigenvalue weighted by Gasteiger charge is -2.11. The lowest BCUT2D eigenvalue weighted by atomic mass is 10.2. The molecule has 29 heavy (non-hydrogen) atoms. The minimum Gasteiger partial charge on any atom is -0.326 e. The summed E-state index contributed by atoms with van der Waals surface area (Å²) >= 11 is 12.6. The van der Waals surface area contributed by atoms with E-state index in [0.29, 0.717) is 21.2 Å². The number of nitrogens with one attached hydrogen (secondary N) is 4. The molecule has 2 aromatic carbocycles. The molecular formula is C19H15ClN4O3S2. The number of benzene rings is 2. The van der Waals surface area contributed by atoms with Gasteiger partial charge in [0.1, 0.15) is 4.88 Å². The van der Waals surface area contributed by atoms with Gasteiger partial charge in [0.15, 0.2) is 5.11 Å². The van der Waals surface area contributed by atoms with Crippen LogP contribution in [0.1, 0.15) is 27.0 Å². The Morgan fingerprint density at radius 2 is 1.66 bits per heavy atom. The van der Waals surface area contributed by atoms with Gasteiger partial charge in [0.05, 0.1) is 5.02 Å². The van der Waals surface area contributed by atoms with Crippen molar-refractivity contribution in [2.75, 3.05) is 5.32 Å². The molecule has 0 aliphatic heterocycles. The van der Waals surface area contributed by atoms with Crippen LogP contribution in [-0.2, 0) is 4.79 Å². The number of hydrogen-bond donors (Lipinski definition) is 4. The van der Waals surface area contributed by atoms with E-state index in [1.165, 1.54) is 18.3 Å². The summed E-state index contributed by atoms with van der Waals surface area (Å²) in [6.45, 7) is 1.39. The highest BCUT2D eigenvalue weighted by atomic mass is 35.5. The summed E-state index contributed by atoms with van der Waals surface area (Å²) < 4.78 is 0.887. The van der Waals surface area contributed by atoms with Gasteiger partial charge in [0.2, 0.25) is 5.91 Å². The number of carbonyl (C=O) groups excluding carboxylic acids is 3. The third-order valence-electron chi connectivity index (χ3n) is 3.73. The second-order valence-corrected chi connectivity index (χ2v) is 7.70. The molecule has 3 aromatic rings. The molecule has 3 amide bonds. The van der Waals surface area contributed by atoms with Crippen molar-refractivity contribution in [2.45, 2.75) is 6.92 Å². The van der Waals surface area contributed by atoms with Crippen LogP contribution >= 0.6 is 35.2 Å². The highest BCUT2D eigenvalue weighted by Gasteiger charge is 2.18. The summed E-state index contributed by atoms with van der Waals surface area (Å²) in [7, 11) is 0. The Morgan fingerprint density at radius 3 is 2.31 bits per heavy atom. The van der Waals surface area contributed by atoms with E-state index >= 15 is 0 Å². The molecule has 0 aliphatic rings. The van der Waals surface area contributed by atoms with Gasteiger partial charge in [-0.05, 0) is 42.5 Å². The Morgan fingerprint density at radius 1 is 0.966 bits per heavy atom. The molecule has 7 nitrogen and oxygen atoms in total. The first kappa shape index (κ1) is 20.7. The number of carbonyl (C=O) groups is 3. The molecule has 0 radical (unpaired) electrons. The molecule has 1 heterocycles. The van der Waals surface area contributed by atoms with Crippen LogP contribution in [0.4, 0.5) is 5.69 Å². The Labute approximate surface area is 180 Å². The van der Waals surface area contributed by atoms with E-state index in [2.05, 4.69) is 21.5 Å². The molecule has 10 heteroatoms. The monoisotopic (exact) mass is 446 g/mol. The van der Waals surface area contributed by atoms with Crippen LogP contribution in [0.25, 0.3) is 10.1 Å². The number of fused-ring (bicyclic) bond motifs is 1. The van der Waals surface area contributed by atoms with E-state index in [9.17, 15) is 14.4 Å². The summed E-state index contributed by atoms with van der Waals surface area (Å²) in [5.41, 5.74) is 5.78. The maximum Gasteiger partial charge on any atom is 0.269 e. The van der Waals surface area contributed by atoms with E-state index in [4.69, 9.17) is 23.8 Å². The fourth-order valence-corrected chi connectivity index (χ4v) is 4.00. The van der Waals surface area contributed by atoms with Crippen molar-refractivity contribution >= 4 is 73.8 Å². The predicted molar refractivity (Wildman–Crippen MR) is 118 cm³/mol. The number of hydrogen-bond acceptors (Lipinski definition) is 5. The summed E-state index contributed by atoms with van der Waals surface area (Å²) in [5.74, 6) is -1.14. The predicted octanol–water partition coefficient (Wildman–Crippen LogP) is 3.46. The molecule has 1 aromatic heterocycles. The van der Waals surface area contributed by atoms with Gasteiger partial charge < -0.3 is 5.32 Å². The first-order chi connectivity index (χ1) is 13.8. The van der Waals surface area contributed by atoms with Crippen molar-refractivity contribution < 1.29 is 14.4 Å². The highest BCUT2D eigenvalue weighted by molar-refractivity contribution is 7.80. The minimum atomic E-state index is -0.470. The van der Waals surface area contributed by atoms with Crippen molar-refractivity contribution in [3.8, 4) is 0 Å². The van der Waals surface area contributed by atoms with Crippen LogP contribution in [0.3, 0.4) is 0 Å². The average molecular weight is 447 g/mol. The summed E-state index contributed by atoms with van der Waals surface area (Å²) in [4.78, 5) is 35.9. The molecule has 3 rings (SSSR count). The van der Waals surface area contributed by atoms with E-state index < -0.39 is 11.8 Å². The second kappa shape index (κ2) is 8.99. The number of hydrazine groups is 1. The van der Waals surface area contributed by atoms with Gasteiger partial charge in [-0.2, -0.15) is 0 Å². The zero-order valence-electron chi connectivity index (χ0n) is 15.0. The van der Waals surface area contributed by atoms with Crippen molar-refractivity contribution in [2.24, 2.45) is 0 Å². The normalized spacial score (nSPS) is 10.3. The van der Waals surface area contributed by atoms with Crippen LogP contribution in [0.15, 0.2) is 48.5 Å². The number of rotatable bonds is 3. The van der Waals surface area contributed by atoms with Gasteiger partial charge in [-0.25, -0.2) is 0 Å². The number of thiocarbonyl (C=S) groups is 1. The van der Waals surface area contributed by atoms with E-state index in [1.807, 2.05) is 24.3 Å². The maximum atomic E-state index is 12.4. The lowest BCUT2D eigenvalue weighted by molar-refractivity contribution is -0.114. The summed E-state index contributed by atoms with van der Waals surface area (Å²) in [6.07, 6.45) is 0. The first-order valence-corrected chi connectivity index (χ1v) is 9.92. The lowest BCUT2D eigenvalue weighted by Crippen LogP contribution is -2.48. The van der Waals surface area contributed by atoms with Gasteiger partial charge in [0, 0.05) is 28.3 Å². The molecule has 0 saturated carbocycles. The molecule has 0 spiro atoms. The van der Waals surface area contributed by atoms with Crippen LogP contribution < -0.4 is 21.5 Å². The number of halogens is 1. The molecule has 4 N–H and O–H groups in total. The Hall–Kier alpha value is -3.01. The summed E-state index contributed by atoms with van der Waals surface area (Å²) in [5, 5.41) is 6.16. The Kier molecular flexibility index (Phi) is 6.42. The molecule has 0 unspecified atom stereocenters. The van der Waals surface area contributed by atoms with Gasteiger partial charge in [-0.1, -0.05) is 29.8 Å². The standard InChI is InChI=1S/C19H15ClN4O3S2/c1-10(25)21-12-8-6-11(7-9-12)17(26)23-24-19(28)22-18(27)16-15(20)13-4-2-3-5-14(13)29-16/h2-9H,1H3,(H,21,25)(H,23,26)(H2,22,24,27,28). The molecule has 0 bridgehead atoms. The SMILES string of the molecule is CC(=O)Nc1ccc(C(=O)NNC(=S)NC(=O)c2sc3ccccc3c2Cl)cc1. The van der Waals surface area contributed by atoms with Crippen molar-refractivity contribution in [3.05, 3.63) is 64.0 Å². The van der Waals surface area contributed by atoms with Crippen molar-refractivity contribution in [3.63, 3.8) is 0 Å². The first-order valence-electron chi connectivity index (χ1n) is 8.31. The van der Waals surface area contributed by atoms with Gasteiger partial charge >= 0.3 is 0 Å². The zero-order chi connectivity index (χ0) is 21.0. The molecule has 0 atom stereocenters. The third-order valence-corrected chi connectivity index (χ3v) is 5.60. The average Bonchev–Trinajstić information content (AvgIpc) is 3.03. The zero-order valence-corrected chi connectivity index (χ0v) is 17.4. The fourth-order valence-electron chi connectivity index (χ4n) is 2.45. The van der Waals surface area contributed by atoms with Crippen LogP contribution in [0.5, 0.6) is 0 Å². The van der Waals surface area contributed by atoms with Gasteiger partial charge in [-0.15, -0.1) is 11.3 Å². The number of thiophene rings is 1. The Balaban J connectivity index is 1.56. The quantitative estimate of drug-likeness (QED) is 0.365. The number of amides is 3. The van der Waals surface area contributed by atoms with Crippen LogP contribution in [0.2, 0.25) is 5.02 Å². The maximum absolute atomic E-state index is 12.4. The molecular weight excluding hydrogens is 432 g/mol. The van der Waals surface area contributed by atoms with E-state index in [-0.39, 0.29) is 11.0 Å². The topological polar surface area (TPSA) is 99.3 Å². The molecule has 148 valence electrons. The van der Waals surface area contributed by atoms with E-state index in [1.54, 1.807) is 24.3 Å². The summed E-state index contributed by atoms with van der Waals surface area (Å²) in [6, 6.07) is 13.7. The van der Waals surface area contributed by atoms with Crippen molar-refractivity contribution in [1.82, 2.24) is 16.2 Å². The van der Waals surface area contributed by atoms with Crippen molar-refractivity contribution in [1.29, 1.82) is 0 Å². The minimum absolute atomic E-state index is 0.0771. The number of anilines is 1. The van der Waals surface area contributed by atoms with Gasteiger partial charge in [0.25, 0.3) is 11.8 Å². The van der Waals surface area contributed by atoms with Crippen LogP contribution in [0, 0.1) is 0 Å². The molecule has 0 aliphatic carbocycles. The second-order valence-electron chi connectivity index (χ2n) is 5.86. The Bertz CT molecular complexity index is 1110. The highest BCUT2D eigenvalue weighted by Crippen LogP contribution is 2.34. The molecule has 0 saturated heterocycles. The largest absolute Gasteiger partial charge is 0.326 e. The smallest absolute Gasteiger partial charge is 0.269 e. The van der Waals surface area contributed by atoms with E-state index in [0.717, 1.165) is 10.1 Å². The van der Waals surface area contributed by atoms with Crippen LogP contribution in [-0.4, -0.2) is 22.8 Å².